The third kappa shape index (κ3) is 5.84. The van der Waals surface area contributed by atoms with Gasteiger partial charge >= 0.3 is 0 Å². The molecule has 3 N–H and O–H groups in total. The first-order valence-electron chi connectivity index (χ1n) is 15.3. The standard InChI is InChI=1S/C32H45N7S/c1-21(2)39-10-8-27(9-11-39)37-29-24-12-22-13-25(29)16-32(14-22,15-24)20-36-30-26(17-33)19-35-31(38-30)34-18-23-6-4-5-7-28(23)40-3/h4-7,19,21-22,24-25,27,29,37H,8-16,18,20H2,1-3H3,(H2,34,35,36,38)/t22?,24-,25+,29?,32?. The lowest BCUT2D eigenvalue weighted by molar-refractivity contribution is -0.0736. The van der Waals surface area contributed by atoms with Crippen molar-refractivity contribution in [1.82, 2.24) is 20.2 Å². The molecule has 4 saturated carbocycles. The van der Waals surface area contributed by atoms with E-state index in [2.05, 4.69) is 76.3 Å². The van der Waals surface area contributed by atoms with Crippen LogP contribution in [0, 0.1) is 34.5 Å². The number of benzene rings is 1. The smallest absolute Gasteiger partial charge is 0.224 e. The number of hydrogen-bond donors (Lipinski definition) is 3. The second-order valence-electron chi connectivity index (χ2n) is 13.2. The SMILES string of the molecule is CSc1ccccc1CNc1ncc(C#N)c(NCC23CC4C[C@H](C2)C(NC2CCN(C(C)C)CC2)[C@@H](C4)C3)n1. The van der Waals surface area contributed by atoms with Crippen molar-refractivity contribution >= 4 is 23.5 Å². The van der Waals surface area contributed by atoms with Gasteiger partial charge in [-0.2, -0.15) is 10.2 Å². The molecule has 4 aliphatic carbocycles. The van der Waals surface area contributed by atoms with Crippen molar-refractivity contribution < 1.29 is 0 Å². The summed E-state index contributed by atoms with van der Waals surface area (Å²) in [6, 6.07) is 12.7. The zero-order valence-corrected chi connectivity index (χ0v) is 25.1. The molecule has 40 heavy (non-hydrogen) atoms. The van der Waals surface area contributed by atoms with Crippen molar-refractivity contribution in [1.29, 1.82) is 5.26 Å². The van der Waals surface area contributed by atoms with Crippen LogP contribution in [0.4, 0.5) is 11.8 Å². The van der Waals surface area contributed by atoms with E-state index in [1.165, 1.54) is 68.5 Å². The van der Waals surface area contributed by atoms with Crippen molar-refractivity contribution in [3.63, 3.8) is 0 Å². The minimum absolute atomic E-state index is 0.318. The van der Waals surface area contributed by atoms with Gasteiger partial charge in [-0.25, -0.2) is 4.98 Å². The van der Waals surface area contributed by atoms with Crippen LogP contribution in [-0.4, -0.2) is 58.9 Å². The summed E-state index contributed by atoms with van der Waals surface area (Å²) in [5, 5.41) is 21.0. The molecule has 4 bridgehead atoms. The molecule has 1 saturated heterocycles. The minimum atomic E-state index is 0.318. The molecular formula is C32H45N7S. The van der Waals surface area contributed by atoms with Crippen molar-refractivity contribution in [2.24, 2.45) is 23.2 Å². The van der Waals surface area contributed by atoms with Crippen LogP contribution in [0.2, 0.25) is 0 Å². The molecule has 2 aromatic rings. The van der Waals surface area contributed by atoms with Crippen LogP contribution in [0.5, 0.6) is 0 Å². The molecule has 214 valence electrons. The van der Waals surface area contributed by atoms with Crippen LogP contribution in [0.15, 0.2) is 35.4 Å². The van der Waals surface area contributed by atoms with Gasteiger partial charge < -0.3 is 20.9 Å². The Morgan fingerprint density at radius 2 is 1.85 bits per heavy atom. The Labute approximate surface area is 244 Å². The van der Waals surface area contributed by atoms with Gasteiger partial charge in [0.2, 0.25) is 5.95 Å². The third-order valence-electron chi connectivity index (χ3n) is 10.3. The van der Waals surface area contributed by atoms with Gasteiger partial charge in [0.15, 0.2) is 0 Å². The van der Waals surface area contributed by atoms with E-state index in [9.17, 15) is 5.26 Å². The molecule has 8 heteroatoms. The van der Waals surface area contributed by atoms with Crippen LogP contribution in [0.1, 0.15) is 69.9 Å². The maximum atomic E-state index is 9.78. The van der Waals surface area contributed by atoms with Crippen molar-refractivity contribution in [3.05, 3.63) is 41.6 Å². The maximum Gasteiger partial charge on any atom is 0.224 e. The largest absolute Gasteiger partial charge is 0.368 e. The number of rotatable bonds is 10. The monoisotopic (exact) mass is 559 g/mol. The van der Waals surface area contributed by atoms with E-state index < -0.39 is 0 Å². The number of thioether (sulfide) groups is 1. The van der Waals surface area contributed by atoms with Gasteiger partial charge in [-0.3, -0.25) is 0 Å². The fraction of sp³-hybridized carbons (Fsp3) is 0.656. The fourth-order valence-corrected chi connectivity index (χ4v) is 9.13. The van der Waals surface area contributed by atoms with Gasteiger partial charge in [-0.1, -0.05) is 18.2 Å². The first-order valence-corrected chi connectivity index (χ1v) is 16.5. The first-order chi connectivity index (χ1) is 19.4. The molecule has 1 aromatic heterocycles. The number of anilines is 2. The first kappa shape index (κ1) is 27.8. The van der Waals surface area contributed by atoms with E-state index in [0.29, 0.717) is 47.4 Å². The molecule has 2 heterocycles. The molecular weight excluding hydrogens is 514 g/mol. The van der Waals surface area contributed by atoms with Crippen molar-refractivity contribution in [2.45, 2.75) is 88.4 Å². The Balaban J connectivity index is 1.08. The average molecular weight is 560 g/mol. The Bertz CT molecular complexity index is 1200. The number of nitrogens with zero attached hydrogens (tertiary/aromatic N) is 4. The zero-order valence-electron chi connectivity index (χ0n) is 24.3. The summed E-state index contributed by atoms with van der Waals surface area (Å²) in [7, 11) is 0. The fourth-order valence-electron chi connectivity index (χ4n) is 8.51. The number of nitrogens with one attached hydrogen (secondary N) is 3. The summed E-state index contributed by atoms with van der Waals surface area (Å²) in [4.78, 5) is 13.1. The molecule has 5 aliphatic rings. The lowest BCUT2D eigenvalue weighted by atomic mass is 9.48. The Kier molecular flexibility index (Phi) is 8.26. The number of hydrogen-bond acceptors (Lipinski definition) is 8. The van der Waals surface area contributed by atoms with Crippen molar-refractivity contribution in [3.8, 4) is 6.07 Å². The van der Waals surface area contributed by atoms with E-state index in [1.54, 1.807) is 18.0 Å². The summed E-state index contributed by atoms with van der Waals surface area (Å²) in [5.41, 5.74) is 2.06. The highest BCUT2D eigenvalue weighted by atomic mass is 32.2. The predicted molar refractivity (Wildman–Crippen MR) is 163 cm³/mol. The number of piperidine rings is 1. The Morgan fingerprint density at radius 1 is 1.10 bits per heavy atom. The molecule has 1 aromatic carbocycles. The van der Waals surface area contributed by atoms with E-state index in [4.69, 9.17) is 4.98 Å². The highest BCUT2D eigenvalue weighted by Gasteiger charge is 2.55. The predicted octanol–water partition coefficient (Wildman–Crippen LogP) is 5.75. The van der Waals surface area contributed by atoms with E-state index >= 15 is 0 Å². The van der Waals surface area contributed by atoms with Crippen LogP contribution >= 0.6 is 11.8 Å². The van der Waals surface area contributed by atoms with Gasteiger partial charge in [0.1, 0.15) is 17.5 Å². The quantitative estimate of drug-likeness (QED) is 0.317. The van der Waals surface area contributed by atoms with Gasteiger partial charge in [0, 0.05) is 36.1 Å². The average Bonchev–Trinajstić information content (AvgIpc) is 2.97. The molecule has 5 fully saturated rings. The Morgan fingerprint density at radius 3 is 2.55 bits per heavy atom. The molecule has 5 atom stereocenters. The number of nitriles is 1. The summed E-state index contributed by atoms with van der Waals surface area (Å²) >= 11 is 1.74. The van der Waals surface area contributed by atoms with E-state index in [-0.39, 0.29) is 0 Å². The molecule has 0 spiro atoms. The lowest BCUT2D eigenvalue weighted by Gasteiger charge is -2.61. The van der Waals surface area contributed by atoms with Gasteiger partial charge in [-0.15, -0.1) is 11.8 Å². The van der Waals surface area contributed by atoms with Crippen LogP contribution in [0.3, 0.4) is 0 Å². The van der Waals surface area contributed by atoms with Crippen LogP contribution < -0.4 is 16.0 Å². The van der Waals surface area contributed by atoms with Gasteiger partial charge in [-0.05, 0) is 113 Å². The third-order valence-corrected chi connectivity index (χ3v) is 11.1. The lowest BCUT2D eigenvalue weighted by Crippen LogP contribution is -2.62. The van der Waals surface area contributed by atoms with E-state index in [1.807, 2.05) is 0 Å². The van der Waals surface area contributed by atoms with Gasteiger partial charge in [0.05, 0.1) is 6.20 Å². The molecule has 0 radical (unpaired) electrons. The summed E-state index contributed by atoms with van der Waals surface area (Å²) < 4.78 is 0. The van der Waals surface area contributed by atoms with Crippen LogP contribution in [0.25, 0.3) is 0 Å². The Hall–Kier alpha value is -2.34. The van der Waals surface area contributed by atoms with Crippen molar-refractivity contribution in [2.75, 3.05) is 36.5 Å². The maximum absolute atomic E-state index is 9.78. The highest BCUT2D eigenvalue weighted by Crippen LogP contribution is 2.60. The normalized spacial score (nSPS) is 30.0. The minimum Gasteiger partial charge on any atom is -0.368 e. The second-order valence-corrected chi connectivity index (χ2v) is 14.0. The van der Waals surface area contributed by atoms with E-state index in [0.717, 1.165) is 24.3 Å². The number of likely N-dealkylation sites (tertiary alicyclic amines) is 1. The molecule has 1 aliphatic heterocycles. The highest BCUT2D eigenvalue weighted by molar-refractivity contribution is 7.98. The van der Waals surface area contributed by atoms with Gasteiger partial charge in [0.25, 0.3) is 0 Å². The zero-order chi connectivity index (χ0) is 27.7. The molecule has 7 rings (SSSR count). The molecule has 3 unspecified atom stereocenters. The summed E-state index contributed by atoms with van der Waals surface area (Å²) in [6.45, 7) is 8.66. The molecule has 7 nitrogen and oxygen atoms in total. The van der Waals surface area contributed by atoms with Crippen LogP contribution in [-0.2, 0) is 6.54 Å². The summed E-state index contributed by atoms with van der Waals surface area (Å²) in [6.07, 6.45) is 13.0. The topological polar surface area (TPSA) is 88.9 Å². The second kappa shape index (κ2) is 11.9. The number of aromatic nitrogens is 2. The molecule has 0 amide bonds. The summed E-state index contributed by atoms with van der Waals surface area (Å²) in [5.74, 6) is 3.65.